The van der Waals surface area contributed by atoms with Gasteiger partial charge in [-0.2, -0.15) is 0 Å². The Morgan fingerprint density at radius 2 is 2.57 bits per heavy atom. The van der Waals surface area contributed by atoms with Crippen molar-refractivity contribution >= 4 is 11.8 Å². The number of ether oxygens (including phenoxy) is 1. The minimum Gasteiger partial charge on any atom is -0.378 e. The van der Waals surface area contributed by atoms with E-state index < -0.39 is 0 Å². The molecular weight excluding hydrogens is 194 g/mol. The minimum atomic E-state index is 0.488. The summed E-state index contributed by atoms with van der Waals surface area (Å²) in [7, 11) is 0. The number of benzene rings is 1. The van der Waals surface area contributed by atoms with E-state index in [1.54, 1.807) is 0 Å². The molecule has 1 atom stereocenters. The quantitative estimate of drug-likeness (QED) is 0.762. The molecule has 1 aliphatic rings. The zero-order valence-electron chi connectivity index (χ0n) is 8.03. The van der Waals surface area contributed by atoms with E-state index in [-0.39, 0.29) is 0 Å². The maximum Gasteiger partial charge on any atom is 0.0628 e. The van der Waals surface area contributed by atoms with Gasteiger partial charge in [0.2, 0.25) is 0 Å². The van der Waals surface area contributed by atoms with Crippen molar-refractivity contribution < 1.29 is 4.74 Å². The SMILES string of the molecule is [c]1ccccc1SCC1COCCN1. The summed E-state index contributed by atoms with van der Waals surface area (Å²) in [6, 6.07) is 11.8. The second kappa shape index (κ2) is 5.39. The molecule has 1 radical (unpaired) electrons. The fourth-order valence-corrected chi connectivity index (χ4v) is 2.30. The monoisotopic (exact) mass is 208 g/mol. The van der Waals surface area contributed by atoms with E-state index in [1.165, 1.54) is 4.90 Å². The van der Waals surface area contributed by atoms with Crippen LogP contribution in [0.2, 0.25) is 0 Å². The summed E-state index contributed by atoms with van der Waals surface area (Å²) in [5.74, 6) is 1.06. The van der Waals surface area contributed by atoms with Crippen molar-refractivity contribution in [3.05, 3.63) is 30.3 Å². The lowest BCUT2D eigenvalue weighted by molar-refractivity contribution is 0.0837. The van der Waals surface area contributed by atoms with E-state index in [4.69, 9.17) is 4.74 Å². The Kier molecular flexibility index (Phi) is 3.86. The standard InChI is InChI=1S/C11H14NOS/c1-2-4-11(5-3-1)14-9-10-8-13-7-6-12-10/h1-4,10,12H,6-9H2. The van der Waals surface area contributed by atoms with Gasteiger partial charge in [-0.05, 0) is 12.1 Å². The third-order valence-electron chi connectivity index (χ3n) is 2.12. The van der Waals surface area contributed by atoms with Crippen molar-refractivity contribution in [3.63, 3.8) is 0 Å². The molecule has 0 spiro atoms. The smallest absolute Gasteiger partial charge is 0.0628 e. The molecule has 1 heterocycles. The molecule has 3 heteroatoms. The molecule has 14 heavy (non-hydrogen) atoms. The van der Waals surface area contributed by atoms with Gasteiger partial charge in [0.15, 0.2) is 0 Å². The average molecular weight is 208 g/mol. The minimum absolute atomic E-state index is 0.488. The van der Waals surface area contributed by atoms with Crippen molar-refractivity contribution in [2.24, 2.45) is 0 Å². The Balaban J connectivity index is 1.76. The largest absolute Gasteiger partial charge is 0.378 e. The predicted molar refractivity (Wildman–Crippen MR) is 58.6 cm³/mol. The van der Waals surface area contributed by atoms with E-state index in [2.05, 4.69) is 17.4 Å². The number of thioether (sulfide) groups is 1. The van der Waals surface area contributed by atoms with E-state index >= 15 is 0 Å². The van der Waals surface area contributed by atoms with E-state index in [1.807, 2.05) is 30.0 Å². The second-order valence-corrected chi connectivity index (χ2v) is 4.33. The lowest BCUT2D eigenvalue weighted by atomic mass is 10.3. The Hall–Kier alpha value is -0.510. The van der Waals surface area contributed by atoms with Gasteiger partial charge in [-0.3, -0.25) is 0 Å². The van der Waals surface area contributed by atoms with Crippen LogP contribution in [0.15, 0.2) is 29.2 Å². The summed E-state index contributed by atoms with van der Waals surface area (Å²) in [4.78, 5) is 1.21. The molecular formula is C11H14NOS. The number of nitrogens with one attached hydrogen (secondary N) is 1. The molecule has 0 amide bonds. The highest BCUT2D eigenvalue weighted by atomic mass is 32.2. The van der Waals surface area contributed by atoms with E-state index in [9.17, 15) is 0 Å². The van der Waals surface area contributed by atoms with Crippen LogP contribution in [-0.2, 0) is 4.74 Å². The summed E-state index contributed by atoms with van der Waals surface area (Å²) < 4.78 is 5.38. The lowest BCUT2D eigenvalue weighted by Gasteiger charge is -2.23. The van der Waals surface area contributed by atoms with Gasteiger partial charge in [-0.1, -0.05) is 18.2 Å². The van der Waals surface area contributed by atoms with Gasteiger partial charge in [0.25, 0.3) is 0 Å². The fourth-order valence-electron chi connectivity index (χ4n) is 1.38. The molecule has 0 aliphatic carbocycles. The number of rotatable bonds is 3. The lowest BCUT2D eigenvalue weighted by Crippen LogP contribution is -2.42. The highest BCUT2D eigenvalue weighted by molar-refractivity contribution is 7.99. The van der Waals surface area contributed by atoms with Crippen LogP contribution in [0.25, 0.3) is 0 Å². The summed E-state index contributed by atoms with van der Waals surface area (Å²) in [5, 5.41) is 3.43. The van der Waals surface area contributed by atoms with Crippen LogP contribution in [0.3, 0.4) is 0 Å². The zero-order valence-corrected chi connectivity index (χ0v) is 8.85. The molecule has 1 aromatic carbocycles. The number of morpholine rings is 1. The van der Waals surface area contributed by atoms with Crippen LogP contribution in [0, 0.1) is 6.07 Å². The molecule has 1 saturated heterocycles. The summed E-state index contributed by atoms with van der Waals surface area (Å²) in [5.41, 5.74) is 0. The van der Waals surface area contributed by atoms with Crippen molar-refractivity contribution in [2.45, 2.75) is 10.9 Å². The zero-order chi connectivity index (χ0) is 9.64. The van der Waals surface area contributed by atoms with Crippen LogP contribution in [0.1, 0.15) is 0 Å². The van der Waals surface area contributed by atoms with Crippen molar-refractivity contribution in [2.75, 3.05) is 25.5 Å². The third kappa shape index (κ3) is 3.01. The van der Waals surface area contributed by atoms with Gasteiger partial charge >= 0.3 is 0 Å². The first-order chi connectivity index (χ1) is 6.95. The molecule has 2 rings (SSSR count). The summed E-state index contributed by atoms with van der Waals surface area (Å²) in [6.45, 7) is 2.65. The first-order valence-corrected chi connectivity index (χ1v) is 5.84. The van der Waals surface area contributed by atoms with Gasteiger partial charge in [0, 0.05) is 23.2 Å². The van der Waals surface area contributed by atoms with Crippen LogP contribution < -0.4 is 5.32 Å². The van der Waals surface area contributed by atoms with Crippen LogP contribution >= 0.6 is 11.8 Å². The predicted octanol–water partition coefficient (Wildman–Crippen LogP) is 1.57. The second-order valence-electron chi connectivity index (χ2n) is 3.26. The molecule has 1 unspecified atom stereocenters. The van der Waals surface area contributed by atoms with Crippen molar-refractivity contribution in [1.29, 1.82) is 0 Å². The molecule has 0 saturated carbocycles. The summed E-state index contributed by atoms with van der Waals surface area (Å²) in [6.07, 6.45) is 0. The van der Waals surface area contributed by atoms with Gasteiger partial charge in [-0.15, -0.1) is 11.8 Å². The van der Waals surface area contributed by atoms with Gasteiger partial charge in [-0.25, -0.2) is 0 Å². The molecule has 1 fully saturated rings. The van der Waals surface area contributed by atoms with E-state index in [0.29, 0.717) is 6.04 Å². The number of hydrogen-bond donors (Lipinski definition) is 1. The highest BCUT2D eigenvalue weighted by Crippen LogP contribution is 2.17. The van der Waals surface area contributed by atoms with Crippen LogP contribution in [-0.4, -0.2) is 31.6 Å². The molecule has 2 nitrogen and oxygen atoms in total. The molecule has 1 aromatic rings. The fraction of sp³-hybridized carbons (Fsp3) is 0.455. The Morgan fingerprint density at radius 1 is 1.57 bits per heavy atom. The van der Waals surface area contributed by atoms with Gasteiger partial charge in [0.1, 0.15) is 0 Å². The van der Waals surface area contributed by atoms with Crippen LogP contribution in [0.5, 0.6) is 0 Å². The van der Waals surface area contributed by atoms with Gasteiger partial charge in [0.05, 0.1) is 13.2 Å². The Labute approximate surface area is 89.0 Å². The summed E-state index contributed by atoms with van der Waals surface area (Å²) >= 11 is 1.83. The Morgan fingerprint density at radius 3 is 3.29 bits per heavy atom. The van der Waals surface area contributed by atoms with E-state index in [0.717, 1.165) is 25.5 Å². The highest BCUT2D eigenvalue weighted by Gasteiger charge is 2.12. The maximum absolute atomic E-state index is 5.38. The Bertz CT molecular complexity index is 259. The molecule has 1 aliphatic heterocycles. The van der Waals surface area contributed by atoms with Crippen LogP contribution in [0.4, 0.5) is 0 Å². The number of hydrogen-bond acceptors (Lipinski definition) is 3. The van der Waals surface area contributed by atoms with Crippen molar-refractivity contribution in [1.82, 2.24) is 5.32 Å². The van der Waals surface area contributed by atoms with Crippen molar-refractivity contribution in [3.8, 4) is 0 Å². The molecule has 0 bridgehead atoms. The maximum atomic E-state index is 5.38. The first kappa shape index (κ1) is 10.0. The average Bonchev–Trinajstić information content (AvgIpc) is 2.29. The first-order valence-electron chi connectivity index (χ1n) is 4.86. The molecule has 75 valence electrons. The normalized spacial score (nSPS) is 22.1. The molecule has 1 N–H and O–H groups in total. The third-order valence-corrected chi connectivity index (χ3v) is 3.25. The molecule has 0 aromatic heterocycles. The topological polar surface area (TPSA) is 21.3 Å². The van der Waals surface area contributed by atoms with Gasteiger partial charge < -0.3 is 10.1 Å².